The molecule has 0 bridgehead atoms. The first-order valence-electron chi connectivity index (χ1n) is 8.77. The average molecular weight is 334 g/mol. The van der Waals surface area contributed by atoms with E-state index in [4.69, 9.17) is 5.73 Å². The number of hydrogen-bond donors (Lipinski definition) is 1. The van der Waals surface area contributed by atoms with Gasteiger partial charge in [0.2, 0.25) is 5.91 Å². The van der Waals surface area contributed by atoms with Crippen molar-refractivity contribution in [3.05, 3.63) is 23.8 Å². The van der Waals surface area contributed by atoms with E-state index in [0.717, 1.165) is 16.9 Å². The summed E-state index contributed by atoms with van der Waals surface area (Å²) >= 11 is 0. The van der Waals surface area contributed by atoms with Gasteiger partial charge in [-0.1, -0.05) is 34.6 Å². The van der Waals surface area contributed by atoms with Gasteiger partial charge in [0.05, 0.1) is 0 Å². The van der Waals surface area contributed by atoms with Gasteiger partial charge in [0.15, 0.2) is 0 Å². The molecule has 4 heteroatoms. The lowest BCUT2D eigenvalue weighted by atomic mass is 9.90. The molecule has 1 rings (SSSR count). The Morgan fingerprint density at radius 1 is 1.17 bits per heavy atom. The molecule has 1 aromatic carbocycles. The summed E-state index contributed by atoms with van der Waals surface area (Å²) in [5.41, 5.74) is 8.90. The van der Waals surface area contributed by atoms with Crippen LogP contribution in [0.4, 0.5) is 11.4 Å². The molecule has 0 fully saturated rings. The number of carbonyl (C=O) groups is 1. The lowest BCUT2D eigenvalue weighted by molar-refractivity contribution is -0.136. The van der Waals surface area contributed by atoms with Crippen LogP contribution in [-0.4, -0.2) is 30.9 Å². The van der Waals surface area contributed by atoms with Crippen molar-refractivity contribution < 1.29 is 4.79 Å². The van der Waals surface area contributed by atoms with Gasteiger partial charge in [-0.15, -0.1) is 0 Å². The maximum atomic E-state index is 13.0. The summed E-state index contributed by atoms with van der Waals surface area (Å²) in [6, 6.07) is 6.10. The number of anilines is 2. The summed E-state index contributed by atoms with van der Waals surface area (Å²) in [4.78, 5) is 17.0. The number of amides is 1. The van der Waals surface area contributed by atoms with Crippen LogP contribution >= 0.6 is 0 Å². The second-order valence-electron chi connectivity index (χ2n) is 8.53. The molecule has 0 saturated carbocycles. The van der Waals surface area contributed by atoms with Crippen LogP contribution < -0.4 is 10.6 Å². The topological polar surface area (TPSA) is 49.6 Å². The predicted octanol–water partition coefficient (Wildman–Crippen LogP) is 4.14. The highest BCUT2D eigenvalue weighted by atomic mass is 16.2. The van der Waals surface area contributed by atoms with Crippen LogP contribution in [0.3, 0.4) is 0 Å². The zero-order chi connectivity index (χ0) is 18.7. The number of nitrogen functional groups attached to an aromatic ring is 1. The Kier molecular flexibility index (Phi) is 6.70. The zero-order valence-electron chi connectivity index (χ0n) is 16.7. The van der Waals surface area contributed by atoms with Gasteiger partial charge in [0.1, 0.15) is 0 Å². The highest BCUT2D eigenvalue weighted by Crippen LogP contribution is 2.27. The third-order valence-electron chi connectivity index (χ3n) is 4.38. The number of benzene rings is 1. The van der Waals surface area contributed by atoms with Crippen LogP contribution in [0.15, 0.2) is 18.2 Å². The van der Waals surface area contributed by atoms with Crippen LogP contribution in [-0.2, 0) is 11.3 Å². The highest BCUT2D eigenvalue weighted by Gasteiger charge is 2.27. The molecule has 136 valence electrons. The summed E-state index contributed by atoms with van der Waals surface area (Å²) in [6.07, 6.45) is 0.545. The van der Waals surface area contributed by atoms with E-state index in [1.165, 1.54) is 0 Å². The molecule has 0 heterocycles. The minimum atomic E-state index is -0.0217. The van der Waals surface area contributed by atoms with Gasteiger partial charge in [-0.2, -0.15) is 0 Å². The summed E-state index contributed by atoms with van der Waals surface area (Å²) in [7, 11) is 4.03. The van der Waals surface area contributed by atoms with E-state index in [2.05, 4.69) is 46.4 Å². The lowest BCUT2D eigenvalue weighted by Gasteiger charge is -2.35. The number of nitrogens with zero attached hydrogens (tertiary/aromatic N) is 2. The van der Waals surface area contributed by atoms with E-state index in [-0.39, 0.29) is 17.4 Å². The van der Waals surface area contributed by atoms with Gasteiger partial charge < -0.3 is 15.5 Å². The molecule has 24 heavy (non-hydrogen) atoms. The van der Waals surface area contributed by atoms with Crippen molar-refractivity contribution in [2.75, 3.05) is 24.7 Å². The predicted molar refractivity (Wildman–Crippen MR) is 104 cm³/mol. The van der Waals surface area contributed by atoms with Gasteiger partial charge in [-0.05, 0) is 42.0 Å². The van der Waals surface area contributed by atoms with Gasteiger partial charge in [0, 0.05) is 44.5 Å². The van der Waals surface area contributed by atoms with Crippen molar-refractivity contribution in [2.24, 2.45) is 11.3 Å². The van der Waals surface area contributed by atoms with Gasteiger partial charge in [0.25, 0.3) is 0 Å². The molecule has 2 N–H and O–H groups in total. The van der Waals surface area contributed by atoms with Crippen LogP contribution in [0.5, 0.6) is 0 Å². The molecule has 0 radical (unpaired) electrons. The molecule has 0 aliphatic rings. The van der Waals surface area contributed by atoms with Crippen LogP contribution in [0.25, 0.3) is 0 Å². The van der Waals surface area contributed by atoms with E-state index in [0.29, 0.717) is 18.9 Å². The minimum Gasteiger partial charge on any atom is -0.399 e. The van der Waals surface area contributed by atoms with Crippen molar-refractivity contribution >= 4 is 17.3 Å². The van der Waals surface area contributed by atoms with E-state index in [9.17, 15) is 4.79 Å². The number of hydrogen-bond acceptors (Lipinski definition) is 3. The van der Waals surface area contributed by atoms with E-state index in [1.54, 1.807) is 0 Å². The Morgan fingerprint density at radius 2 is 1.75 bits per heavy atom. The van der Waals surface area contributed by atoms with E-state index >= 15 is 0 Å². The van der Waals surface area contributed by atoms with Gasteiger partial charge >= 0.3 is 0 Å². The Morgan fingerprint density at radius 3 is 2.21 bits per heavy atom. The third-order valence-corrected chi connectivity index (χ3v) is 4.38. The van der Waals surface area contributed by atoms with Crippen LogP contribution in [0.2, 0.25) is 0 Å². The summed E-state index contributed by atoms with van der Waals surface area (Å²) in [6.45, 7) is 13.4. The lowest BCUT2D eigenvalue weighted by Crippen LogP contribution is -2.42. The Balaban J connectivity index is 3.18. The molecular formula is C20H35N3O. The Bertz CT molecular complexity index is 558. The van der Waals surface area contributed by atoms with Gasteiger partial charge in [-0.25, -0.2) is 0 Å². The minimum absolute atomic E-state index is 0.0217. The normalized spacial score (nSPS) is 13.0. The fraction of sp³-hybridized carbons (Fsp3) is 0.650. The molecule has 4 nitrogen and oxygen atoms in total. The van der Waals surface area contributed by atoms with Crippen LogP contribution in [0, 0.1) is 11.3 Å². The van der Waals surface area contributed by atoms with E-state index < -0.39 is 0 Å². The molecular weight excluding hydrogens is 298 g/mol. The molecule has 0 aromatic heterocycles. The average Bonchev–Trinajstić information content (AvgIpc) is 2.41. The highest BCUT2D eigenvalue weighted by molar-refractivity contribution is 5.77. The Labute approximate surface area is 148 Å². The monoisotopic (exact) mass is 333 g/mol. The molecule has 0 unspecified atom stereocenters. The molecule has 0 spiro atoms. The molecule has 0 aliphatic heterocycles. The fourth-order valence-electron chi connectivity index (χ4n) is 2.73. The van der Waals surface area contributed by atoms with Crippen molar-refractivity contribution in [3.8, 4) is 0 Å². The van der Waals surface area contributed by atoms with Crippen molar-refractivity contribution in [1.82, 2.24) is 4.90 Å². The van der Waals surface area contributed by atoms with Crippen molar-refractivity contribution in [3.63, 3.8) is 0 Å². The van der Waals surface area contributed by atoms with Crippen LogP contribution in [0.1, 0.15) is 53.5 Å². The smallest absolute Gasteiger partial charge is 0.223 e. The second kappa shape index (κ2) is 7.91. The Hall–Kier alpha value is -1.71. The first-order valence-corrected chi connectivity index (χ1v) is 8.77. The van der Waals surface area contributed by atoms with E-state index in [1.807, 2.05) is 37.2 Å². The first-order chi connectivity index (χ1) is 10.9. The molecule has 0 saturated heterocycles. The SMILES string of the molecule is CC(C)[C@@H](C)N(Cc1cc(N)ccc1N(C)C)C(=O)CC(C)(C)C. The number of carbonyl (C=O) groups excluding carboxylic acids is 1. The maximum Gasteiger partial charge on any atom is 0.223 e. The summed E-state index contributed by atoms with van der Waals surface area (Å²) in [5.74, 6) is 0.605. The number of nitrogens with two attached hydrogens (primary N) is 1. The first kappa shape index (κ1) is 20.3. The molecule has 1 amide bonds. The van der Waals surface area contributed by atoms with Crippen molar-refractivity contribution in [1.29, 1.82) is 0 Å². The number of rotatable bonds is 6. The third kappa shape index (κ3) is 5.73. The summed E-state index contributed by atoms with van der Waals surface area (Å²) in [5, 5.41) is 0. The zero-order valence-corrected chi connectivity index (χ0v) is 16.7. The quantitative estimate of drug-likeness (QED) is 0.796. The fourth-order valence-corrected chi connectivity index (χ4v) is 2.73. The molecule has 1 atom stereocenters. The molecule has 1 aromatic rings. The molecule has 0 aliphatic carbocycles. The van der Waals surface area contributed by atoms with Gasteiger partial charge in [-0.3, -0.25) is 4.79 Å². The standard InChI is InChI=1S/C20H35N3O/c1-14(2)15(3)23(19(24)12-20(4,5)6)13-16-11-17(21)9-10-18(16)22(7)8/h9-11,14-15H,12-13,21H2,1-8H3/t15-/m1/s1. The largest absolute Gasteiger partial charge is 0.399 e. The second-order valence-corrected chi connectivity index (χ2v) is 8.53. The summed E-state index contributed by atoms with van der Waals surface area (Å²) < 4.78 is 0. The van der Waals surface area contributed by atoms with Crippen molar-refractivity contribution in [2.45, 2.75) is 60.5 Å². The maximum absolute atomic E-state index is 13.0.